The average Bonchev–Trinajstić information content (AvgIpc) is 1.36. The van der Waals surface area contributed by atoms with E-state index in [4.69, 9.17) is 5.11 Å². The van der Waals surface area contributed by atoms with E-state index in [9.17, 15) is 9.90 Å². The summed E-state index contributed by atoms with van der Waals surface area (Å²) in [5.41, 5.74) is 0. The topological polar surface area (TPSA) is 60.4 Å². The van der Waals surface area contributed by atoms with Crippen molar-refractivity contribution in [1.82, 2.24) is 0 Å². The van der Waals surface area contributed by atoms with Crippen LogP contribution in [0.2, 0.25) is 0 Å². The molecule has 0 saturated heterocycles. The van der Waals surface area contributed by atoms with E-state index in [-0.39, 0.29) is 27.3 Å². The van der Waals surface area contributed by atoms with Crippen molar-refractivity contribution in [3.63, 3.8) is 0 Å². The summed E-state index contributed by atoms with van der Waals surface area (Å²) in [6, 6.07) is 0. The number of carboxylic acid groups (broad SMARTS) is 1. The Morgan fingerprint density at radius 1 is 1.86 bits per heavy atom. The molecule has 3 nitrogen and oxygen atoms in total. The number of aliphatic carboxylic acids is 1. The van der Waals surface area contributed by atoms with Crippen LogP contribution in [0.4, 0.5) is 0 Å². The Bertz CT molecular complexity index is 61.2. The predicted molar refractivity (Wildman–Crippen MR) is 22.4 cm³/mol. The summed E-state index contributed by atoms with van der Waals surface area (Å²) in [7, 11) is 0. The third-order valence-electron chi connectivity index (χ3n) is 0.341. The van der Waals surface area contributed by atoms with Gasteiger partial charge in [-0.3, -0.25) is 0 Å². The predicted octanol–water partition coefficient (Wildman–Crippen LogP) is -2.26. The van der Waals surface area contributed by atoms with Crippen molar-refractivity contribution >= 4 is 33.3 Å². The zero-order valence-corrected chi connectivity index (χ0v) is 7.73. The first-order valence-electron chi connectivity index (χ1n) is 1.53. The summed E-state index contributed by atoms with van der Waals surface area (Å²) in [6.07, 6.45) is -1.34. The SMILES string of the molecule is CC(O)C(=O)[O-].[Pb+2]. The summed E-state index contributed by atoms with van der Waals surface area (Å²) in [5, 5.41) is 17.3. The molecule has 0 aliphatic heterocycles. The van der Waals surface area contributed by atoms with Crippen molar-refractivity contribution in [2.45, 2.75) is 13.0 Å². The van der Waals surface area contributed by atoms with Gasteiger partial charge in [0.05, 0.1) is 12.1 Å². The van der Waals surface area contributed by atoms with Gasteiger partial charge in [0.2, 0.25) is 0 Å². The van der Waals surface area contributed by atoms with Crippen LogP contribution in [0.5, 0.6) is 0 Å². The molecule has 0 saturated carbocycles. The maximum atomic E-state index is 9.34. The molecule has 1 atom stereocenters. The van der Waals surface area contributed by atoms with E-state index in [1.54, 1.807) is 0 Å². The molecule has 7 heavy (non-hydrogen) atoms. The molecule has 0 fully saturated rings. The Balaban J connectivity index is 0. The van der Waals surface area contributed by atoms with Gasteiger partial charge in [-0.2, -0.15) is 0 Å². The van der Waals surface area contributed by atoms with Crippen LogP contribution in [0.25, 0.3) is 0 Å². The van der Waals surface area contributed by atoms with E-state index in [1.165, 1.54) is 0 Å². The molecule has 0 aliphatic rings. The first-order chi connectivity index (χ1) is 2.64. The van der Waals surface area contributed by atoms with Gasteiger partial charge in [0, 0.05) is 0 Å². The van der Waals surface area contributed by atoms with Gasteiger partial charge in [0.1, 0.15) is 0 Å². The molecule has 0 aromatic heterocycles. The molecule has 2 radical (unpaired) electrons. The van der Waals surface area contributed by atoms with Gasteiger partial charge >= 0.3 is 27.3 Å². The Labute approximate surface area is 61.5 Å². The molecule has 0 amide bonds. The fraction of sp³-hybridized carbons (Fsp3) is 0.667. The largest absolute Gasteiger partial charge is 2.00 e. The molecule has 0 aromatic rings. The second kappa shape index (κ2) is 4.51. The van der Waals surface area contributed by atoms with Crippen LogP contribution in [-0.4, -0.2) is 44.5 Å². The van der Waals surface area contributed by atoms with Crippen LogP contribution in [-0.2, 0) is 4.79 Å². The van der Waals surface area contributed by atoms with Gasteiger partial charge in [-0.25, -0.2) is 0 Å². The Hall–Kier alpha value is 0.352. The Kier molecular flexibility index (Phi) is 6.67. The minimum atomic E-state index is -1.44. The van der Waals surface area contributed by atoms with E-state index in [2.05, 4.69) is 0 Å². The van der Waals surface area contributed by atoms with E-state index in [0.717, 1.165) is 6.92 Å². The Morgan fingerprint density at radius 3 is 2.00 bits per heavy atom. The molecule has 0 rings (SSSR count). The number of hydrogen-bond donors (Lipinski definition) is 1. The molecule has 0 aromatic carbocycles. The summed E-state index contributed by atoms with van der Waals surface area (Å²) in [6.45, 7) is 1.13. The van der Waals surface area contributed by atoms with Crippen molar-refractivity contribution in [3.05, 3.63) is 0 Å². The number of aliphatic hydroxyl groups is 1. The second-order valence-electron chi connectivity index (χ2n) is 0.995. The quantitative estimate of drug-likeness (QED) is 0.556. The van der Waals surface area contributed by atoms with Gasteiger partial charge in [-0.1, -0.05) is 0 Å². The van der Waals surface area contributed by atoms with Gasteiger partial charge in [-0.15, -0.1) is 0 Å². The summed E-state index contributed by atoms with van der Waals surface area (Å²) in [4.78, 5) is 9.34. The number of carboxylic acids is 1. The van der Waals surface area contributed by atoms with Gasteiger partial charge in [0.25, 0.3) is 0 Å². The van der Waals surface area contributed by atoms with E-state index in [1.807, 2.05) is 0 Å². The molecule has 38 valence electrons. The summed E-state index contributed by atoms with van der Waals surface area (Å²) >= 11 is 0. The fourth-order valence-electron chi connectivity index (χ4n) is 0. The van der Waals surface area contributed by atoms with Gasteiger partial charge in [-0.05, 0) is 6.92 Å². The maximum absolute atomic E-state index is 9.34. The van der Waals surface area contributed by atoms with E-state index >= 15 is 0 Å². The van der Waals surface area contributed by atoms with Crippen LogP contribution < -0.4 is 5.11 Å². The number of rotatable bonds is 1. The minimum absolute atomic E-state index is 0. The minimum Gasteiger partial charge on any atom is -0.547 e. The molecule has 0 spiro atoms. The Morgan fingerprint density at radius 2 is 2.00 bits per heavy atom. The number of carbonyl (C=O) groups excluding carboxylic acids is 1. The van der Waals surface area contributed by atoms with Crippen molar-refractivity contribution in [2.24, 2.45) is 0 Å². The monoisotopic (exact) mass is 297 g/mol. The molecular weight excluding hydrogens is 291 g/mol. The molecule has 1 N–H and O–H groups in total. The van der Waals surface area contributed by atoms with E-state index in [0.29, 0.717) is 0 Å². The molecule has 0 bridgehead atoms. The number of aliphatic hydroxyl groups excluding tert-OH is 1. The van der Waals surface area contributed by atoms with Crippen LogP contribution >= 0.6 is 0 Å². The van der Waals surface area contributed by atoms with E-state index < -0.39 is 12.1 Å². The van der Waals surface area contributed by atoms with Crippen LogP contribution in [0.3, 0.4) is 0 Å². The third-order valence-corrected chi connectivity index (χ3v) is 0.341. The smallest absolute Gasteiger partial charge is 0.547 e. The van der Waals surface area contributed by atoms with Gasteiger partial charge < -0.3 is 15.0 Å². The second-order valence-corrected chi connectivity index (χ2v) is 0.995. The molecular formula is C3H5O3Pb+. The zero-order chi connectivity index (χ0) is 5.15. The molecule has 4 heteroatoms. The molecule has 0 aliphatic carbocycles. The van der Waals surface area contributed by atoms with Crippen LogP contribution in [0.1, 0.15) is 6.92 Å². The number of hydrogen-bond acceptors (Lipinski definition) is 3. The summed E-state index contributed by atoms with van der Waals surface area (Å²) in [5.74, 6) is -1.44. The summed E-state index contributed by atoms with van der Waals surface area (Å²) < 4.78 is 0. The molecule has 1 unspecified atom stereocenters. The average molecular weight is 296 g/mol. The molecule has 0 heterocycles. The van der Waals surface area contributed by atoms with Crippen molar-refractivity contribution in [2.75, 3.05) is 0 Å². The van der Waals surface area contributed by atoms with Crippen molar-refractivity contribution in [1.29, 1.82) is 0 Å². The van der Waals surface area contributed by atoms with Crippen molar-refractivity contribution in [3.8, 4) is 0 Å². The first kappa shape index (κ1) is 10.4. The third kappa shape index (κ3) is 6.35. The normalized spacial score (nSPS) is 11.7. The fourth-order valence-corrected chi connectivity index (χ4v) is 0. The first-order valence-corrected chi connectivity index (χ1v) is 1.53. The van der Waals surface area contributed by atoms with Gasteiger partial charge in [0.15, 0.2) is 0 Å². The van der Waals surface area contributed by atoms with Crippen LogP contribution in [0, 0.1) is 0 Å². The zero-order valence-electron chi connectivity index (χ0n) is 3.84. The maximum Gasteiger partial charge on any atom is 2.00 e. The standard InChI is InChI=1S/C3H6O3.Pb/c1-2(4)3(5)6;/h2,4H,1H3,(H,5,6);/q;+2/p-1. The van der Waals surface area contributed by atoms with Crippen LogP contribution in [0.15, 0.2) is 0 Å². The van der Waals surface area contributed by atoms with Crippen molar-refractivity contribution < 1.29 is 15.0 Å². The number of carbonyl (C=O) groups is 1.